The Morgan fingerprint density at radius 2 is 2.28 bits per heavy atom. The number of carbonyl (C=O) groups excluding carboxylic acids is 1. The maximum absolute atomic E-state index is 12.0. The topological polar surface area (TPSA) is 98.9 Å². The van der Waals surface area contributed by atoms with Crippen LogP contribution in [0.2, 0.25) is 0 Å². The van der Waals surface area contributed by atoms with Crippen LogP contribution in [0.1, 0.15) is 12.8 Å². The molecular formula is C10H20N2O5S. The molecule has 1 heterocycles. The van der Waals surface area contributed by atoms with Crippen molar-refractivity contribution in [1.29, 1.82) is 0 Å². The smallest absolute Gasteiger partial charge is 0.305 e. The van der Waals surface area contributed by atoms with Gasteiger partial charge in [0.05, 0.1) is 25.6 Å². The summed E-state index contributed by atoms with van der Waals surface area (Å²) in [4.78, 5) is 10.9. The normalized spacial score (nSPS) is 21.8. The molecule has 1 aliphatic rings. The highest BCUT2D eigenvalue weighted by molar-refractivity contribution is 7.89. The van der Waals surface area contributed by atoms with Crippen LogP contribution in [-0.2, 0) is 24.3 Å². The van der Waals surface area contributed by atoms with Crippen molar-refractivity contribution in [1.82, 2.24) is 4.31 Å². The lowest BCUT2D eigenvalue weighted by Gasteiger charge is -2.31. The predicted octanol–water partition coefficient (Wildman–Crippen LogP) is -1.07. The van der Waals surface area contributed by atoms with E-state index in [4.69, 9.17) is 10.5 Å². The van der Waals surface area contributed by atoms with E-state index in [1.165, 1.54) is 11.4 Å². The zero-order chi connectivity index (χ0) is 13.6. The van der Waals surface area contributed by atoms with Gasteiger partial charge < -0.3 is 15.2 Å². The first kappa shape index (κ1) is 15.4. The van der Waals surface area contributed by atoms with Crippen LogP contribution in [0.3, 0.4) is 0 Å². The van der Waals surface area contributed by atoms with Gasteiger partial charge in [-0.05, 0) is 6.42 Å². The fourth-order valence-corrected chi connectivity index (χ4v) is 3.23. The summed E-state index contributed by atoms with van der Waals surface area (Å²) in [6.45, 7) is 1.29. The van der Waals surface area contributed by atoms with Gasteiger partial charge in [0.1, 0.15) is 0 Å². The van der Waals surface area contributed by atoms with E-state index in [1.54, 1.807) is 0 Å². The fraction of sp³-hybridized carbons (Fsp3) is 0.900. The van der Waals surface area contributed by atoms with Gasteiger partial charge in [0, 0.05) is 26.1 Å². The number of methoxy groups -OCH3 is 1. The number of nitrogens with zero attached hydrogens (tertiary/aromatic N) is 1. The summed E-state index contributed by atoms with van der Waals surface area (Å²) >= 11 is 0. The Balaban J connectivity index is 2.45. The molecule has 2 N–H and O–H groups in total. The minimum absolute atomic E-state index is 0.0562. The largest absolute Gasteiger partial charge is 0.469 e. The number of ether oxygens (including phenoxy) is 2. The van der Waals surface area contributed by atoms with Gasteiger partial charge in [0.25, 0.3) is 0 Å². The highest BCUT2D eigenvalue weighted by Gasteiger charge is 2.28. The summed E-state index contributed by atoms with van der Waals surface area (Å²) in [5, 5.41) is 0. The predicted molar refractivity (Wildman–Crippen MR) is 65.4 cm³/mol. The third-order valence-electron chi connectivity index (χ3n) is 2.77. The van der Waals surface area contributed by atoms with E-state index in [1.807, 2.05) is 0 Å². The number of nitrogens with two attached hydrogens (primary N) is 1. The van der Waals surface area contributed by atoms with Gasteiger partial charge in [0.15, 0.2) is 0 Å². The van der Waals surface area contributed by atoms with Crippen LogP contribution >= 0.6 is 0 Å². The average molecular weight is 280 g/mol. The van der Waals surface area contributed by atoms with E-state index in [9.17, 15) is 13.2 Å². The second-order valence-electron chi connectivity index (χ2n) is 4.08. The van der Waals surface area contributed by atoms with Crippen molar-refractivity contribution in [2.24, 2.45) is 5.73 Å². The third kappa shape index (κ3) is 4.52. The van der Waals surface area contributed by atoms with E-state index in [0.717, 1.165) is 0 Å². The highest BCUT2D eigenvalue weighted by atomic mass is 32.2. The Kier molecular flexibility index (Phi) is 6.00. The minimum atomic E-state index is -3.34. The number of hydrogen-bond donors (Lipinski definition) is 1. The Labute approximate surface area is 107 Å². The molecule has 0 aromatic carbocycles. The number of carbonyl (C=O) groups is 1. The van der Waals surface area contributed by atoms with Gasteiger partial charge in [-0.3, -0.25) is 4.79 Å². The van der Waals surface area contributed by atoms with Gasteiger partial charge in [0.2, 0.25) is 10.0 Å². The van der Waals surface area contributed by atoms with Crippen molar-refractivity contribution in [3.05, 3.63) is 0 Å². The quantitative estimate of drug-likeness (QED) is 0.622. The molecule has 0 amide bonds. The molecule has 1 aliphatic heterocycles. The van der Waals surface area contributed by atoms with Crippen LogP contribution in [0.15, 0.2) is 0 Å². The van der Waals surface area contributed by atoms with Crippen LogP contribution in [-0.4, -0.2) is 63.9 Å². The lowest BCUT2D eigenvalue weighted by molar-refractivity contribution is -0.140. The van der Waals surface area contributed by atoms with Crippen molar-refractivity contribution in [3.8, 4) is 0 Å². The van der Waals surface area contributed by atoms with Crippen molar-refractivity contribution in [2.45, 2.75) is 18.9 Å². The number of morpholine rings is 1. The standard InChI is InChI=1S/C10H20N2O5S/c1-16-10(13)3-2-6-18(14,15)12-4-5-17-9(7-11)8-12/h9H,2-8,11H2,1H3. The zero-order valence-corrected chi connectivity index (χ0v) is 11.3. The van der Waals surface area contributed by atoms with Gasteiger partial charge in [-0.2, -0.15) is 4.31 Å². The number of esters is 1. The summed E-state index contributed by atoms with van der Waals surface area (Å²) in [6.07, 6.45) is 0.133. The van der Waals surface area contributed by atoms with Crippen molar-refractivity contribution in [2.75, 3.05) is 39.1 Å². The summed E-state index contributed by atoms with van der Waals surface area (Å²) in [7, 11) is -2.06. The first-order valence-corrected chi connectivity index (χ1v) is 7.47. The van der Waals surface area contributed by atoms with E-state index < -0.39 is 16.0 Å². The lowest BCUT2D eigenvalue weighted by Crippen LogP contribution is -2.48. The molecule has 0 spiro atoms. The van der Waals surface area contributed by atoms with Gasteiger partial charge >= 0.3 is 5.97 Å². The molecule has 0 radical (unpaired) electrons. The van der Waals surface area contributed by atoms with Crippen molar-refractivity contribution < 1.29 is 22.7 Å². The highest BCUT2D eigenvalue weighted by Crippen LogP contribution is 2.11. The summed E-state index contributed by atoms with van der Waals surface area (Å²) in [6, 6.07) is 0. The molecule has 0 saturated carbocycles. The number of hydrogen-bond acceptors (Lipinski definition) is 6. The first-order valence-electron chi connectivity index (χ1n) is 5.86. The van der Waals surface area contributed by atoms with E-state index in [0.29, 0.717) is 19.7 Å². The molecule has 0 aliphatic carbocycles. The molecule has 8 heteroatoms. The molecule has 0 aromatic rings. The molecule has 1 rings (SSSR count). The molecule has 1 atom stereocenters. The second-order valence-corrected chi connectivity index (χ2v) is 6.17. The maximum Gasteiger partial charge on any atom is 0.305 e. The maximum atomic E-state index is 12.0. The number of sulfonamides is 1. The summed E-state index contributed by atoms with van der Waals surface area (Å²) < 4.78 is 35.1. The SMILES string of the molecule is COC(=O)CCCS(=O)(=O)N1CCOC(CN)C1. The average Bonchev–Trinajstić information content (AvgIpc) is 2.38. The van der Waals surface area contributed by atoms with E-state index in [2.05, 4.69) is 4.74 Å². The monoisotopic (exact) mass is 280 g/mol. The lowest BCUT2D eigenvalue weighted by atomic mass is 10.3. The Morgan fingerprint density at radius 1 is 1.56 bits per heavy atom. The molecule has 0 bridgehead atoms. The van der Waals surface area contributed by atoms with E-state index >= 15 is 0 Å². The third-order valence-corrected chi connectivity index (χ3v) is 4.69. The fourth-order valence-electron chi connectivity index (χ4n) is 1.72. The molecule has 0 aromatic heterocycles. The molecule has 1 unspecified atom stereocenters. The van der Waals surface area contributed by atoms with Crippen LogP contribution < -0.4 is 5.73 Å². The van der Waals surface area contributed by atoms with Crippen LogP contribution in [0.4, 0.5) is 0 Å². The molecule has 1 saturated heterocycles. The van der Waals surface area contributed by atoms with Crippen LogP contribution in [0, 0.1) is 0 Å². The van der Waals surface area contributed by atoms with E-state index in [-0.39, 0.29) is 31.2 Å². The summed E-state index contributed by atoms with van der Waals surface area (Å²) in [5.41, 5.74) is 5.46. The Morgan fingerprint density at radius 3 is 2.89 bits per heavy atom. The molecule has 1 fully saturated rings. The Hall–Kier alpha value is -0.700. The molecule has 18 heavy (non-hydrogen) atoms. The number of rotatable bonds is 6. The zero-order valence-electron chi connectivity index (χ0n) is 10.5. The van der Waals surface area contributed by atoms with Gasteiger partial charge in [-0.15, -0.1) is 0 Å². The van der Waals surface area contributed by atoms with Crippen molar-refractivity contribution in [3.63, 3.8) is 0 Å². The molecular weight excluding hydrogens is 260 g/mol. The van der Waals surface area contributed by atoms with Gasteiger partial charge in [-0.1, -0.05) is 0 Å². The van der Waals surface area contributed by atoms with Crippen LogP contribution in [0.5, 0.6) is 0 Å². The molecule has 7 nitrogen and oxygen atoms in total. The van der Waals surface area contributed by atoms with Gasteiger partial charge in [-0.25, -0.2) is 8.42 Å². The van der Waals surface area contributed by atoms with Crippen LogP contribution in [0.25, 0.3) is 0 Å². The second kappa shape index (κ2) is 7.03. The first-order chi connectivity index (χ1) is 8.49. The summed E-state index contributed by atoms with van der Waals surface area (Å²) in [5.74, 6) is -0.452. The minimum Gasteiger partial charge on any atom is -0.469 e. The molecule has 106 valence electrons. The van der Waals surface area contributed by atoms with Crippen molar-refractivity contribution >= 4 is 16.0 Å². The Bertz CT molecular complexity index is 370.